The molecule has 8 heteroatoms. The molecule has 2 heterocycles. The lowest BCUT2D eigenvalue weighted by molar-refractivity contribution is -0.136. The highest BCUT2D eigenvalue weighted by Crippen LogP contribution is 2.39. The Morgan fingerprint density at radius 2 is 1.79 bits per heavy atom. The van der Waals surface area contributed by atoms with Gasteiger partial charge in [0.15, 0.2) is 5.71 Å². The molecule has 148 valence electrons. The molecule has 4 rings (SSSR count). The molecule has 2 aromatic rings. The van der Waals surface area contributed by atoms with Gasteiger partial charge in [0.1, 0.15) is 12.0 Å². The van der Waals surface area contributed by atoms with E-state index < -0.39 is 29.7 Å². The summed E-state index contributed by atoms with van der Waals surface area (Å²) in [6, 6.07) is 13.3. The van der Waals surface area contributed by atoms with Crippen LogP contribution in [0.2, 0.25) is 0 Å². The fraction of sp³-hybridized carbons (Fsp3) is 0.238. The largest absolute Gasteiger partial charge is 0.461 e. The van der Waals surface area contributed by atoms with E-state index in [0.717, 1.165) is 14.9 Å². The van der Waals surface area contributed by atoms with Gasteiger partial charge in [-0.3, -0.25) is 14.6 Å². The van der Waals surface area contributed by atoms with E-state index in [9.17, 15) is 14.4 Å². The van der Waals surface area contributed by atoms with E-state index in [4.69, 9.17) is 4.74 Å². The molecule has 0 bridgehead atoms. The van der Waals surface area contributed by atoms with Crippen molar-refractivity contribution in [2.75, 3.05) is 16.5 Å². The summed E-state index contributed by atoms with van der Waals surface area (Å²) in [4.78, 5) is 40.2. The van der Waals surface area contributed by atoms with Gasteiger partial charge in [0.2, 0.25) is 5.91 Å². The standard InChI is InChI=1S/C21H18BrN3O4/c1-3-29-21(28)17-16-18(25(23-17)15-7-5-4-6-12(15)2)20(27)24(19(16)26)14-10-8-13(22)9-11-14/h4-11,16,18H,3H2,1-2H3/t16-,18+/m1/s1. The Bertz CT molecular complexity index is 1030. The van der Waals surface area contributed by atoms with Crippen LogP contribution in [0, 0.1) is 12.8 Å². The molecule has 0 radical (unpaired) electrons. The smallest absolute Gasteiger partial charge is 0.355 e. The summed E-state index contributed by atoms with van der Waals surface area (Å²) in [5.41, 5.74) is 1.95. The average molecular weight is 456 g/mol. The van der Waals surface area contributed by atoms with Crippen molar-refractivity contribution in [3.8, 4) is 0 Å². The van der Waals surface area contributed by atoms with Crippen molar-refractivity contribution in [2.45, 2.75) is 19.9 Å². The second kappa shape index (κ2) is 7.44. The molecule has 1 saturated heterocycles. The highest BCUT2D eigenvalue weighted by atomic mass is 79.9. The summed E-state index contributed by atoms with van der Waals surface area (Å²) in [5.74, 6) is -2.60. The van der Waals surface area contributed by atoms with Gasteiger partial charge in [0.25, 0.3) is 5.91 Å². The number of aryl methyl sites for hydroxylation is 1. The number of hydrogen-bond donors (Lipinski definition) is 0. The molecule has 0 spiro atoms. The van der Waals surface area contributed by atoms with Crippen molar-refractivity contribution in [2.24, 2.45) is 11.0 Å². The van der Waals surface area contributed by atoms with Gasteiger partial charge in [-0.1, -0.05) is 34.1 Å². The van der Waals surface area contributed by atoms with Crippen LogP contribution in [0.1, 0.15) is 12.5 Å². The molecule has 1 fully saturated rings. The van der Waals surface area contributed by atoms with Crippen LogP contribution in [-0.2, 0) is 19.1 Å². The molecule has 0 N–H and O–H groups in total. The number of esters is 1. The van der Waals surface area contributed by atoms with Crippen LogP contribution < -0.4 is 9.91 Å². The van der Waals surface area contributed by atoms with E-state index in [0.29, 0.717) is 11.4 Å². The van der Waals surface area contributed by atoms with Gasteiger partial charge in [-0.15, -0.1) is 0 Å². The fourth-order valence-electron chi connectivity index (χ4n) is 3.65. The summed E-state index contributed by atoms with van der Waals surface area (Å²) < 4.78 is 5.93. The van der Waals surface area contributed by atoms with Crippen molar-refractivity contribution >= 4 is 50.8 Å². The van der Waals surface area contributed by atoms with Gasteiger partial charge in [-0.05, 0) is 49.7 Å². The number of halogens is 1. The number of hydrazone groups is 1. The third-order valence-electron chi connectivity index (χ3n) is 4.98. The topological polar surface area (TPSA) is 79.3 Å². The number of benzene rings is 2. The molecular formula is C21H18BrN3O4. The molecule has 2 aromatic carbocycles. The maximum atomic E-state index is 13.3. The van der Waals surface area contributed by atoms with E-state index >= 15 is 0 Å². The van der Waals surface area contributed by atoms with Gasteiger partial charge >= 0.3 is 5.97 Å². The van der Waals surface area contributed by atoms with Crippen molar-refractivity contribution in [3.05, 3.63) is 58.6 Å². The Morgan fingerprint density at radius 3 is 2.45 bits per heavy atom. The van der Waals surface area contributed by atoms with Gasteiger partial charge in [0.05, 0.1) is 18.0 Å². The molecule has 0 aliphatic carbocycles. The zero-order valence-electron chi connectivity index (χ0n) is 15.8. The van der Waals surface area contributed by atoms with Crippen LogP contribution in [0.15, 0.2) is 58.1 Å². The zero-order chi connectivity index (χ0) is 20.7. The lowest BCUT2D eigenvalue weighted by Crippen LogP contribution is -2.39. The van der Waals surface area contributed by atoms with Crippen LogP contribution in [0.3, 0.4) is 0 Å². The van der Waals surface area contributed by atoms with Crippen LogP contribution in [0.25, 0.3) is 0 Å². The first-order chi connectivity index (χ1) is 13.9. The van der Waals surface area contributed by atoms with Gasteiger partial charge in [0, 0.05) is 4.47 Å². The first kappa shape index (κ1) is 19.3. The summed E-state index contributed by atoms with van der Waals surface area (Å²) in [6.07, 6.45) is 0. The number of imide groups is 1. The molecular weight excluding hydrogens is 438 g/mol. The highest BCUT2D eigenvalue weighted by Gasteiger charge is 2.59. The Morgan fingerprint density at radius 1 is 1.10 bits per heavy atom. The number of fused-ring (bicyclic) bond motifs is 1. The van der Waals surface area contributed by atoms with Crippen LogP contribution >= 0.6 is 15.9 Å². The van der Waals surface area contributed by atoms with Gasteiger partial charge in [-0.2, -0.15) is 5.10 Å². The van der Waals surface area contributed by atoms with Crippen molar-refractivity contribution in [1.29, 1.82) is 0 Å². The number of carbonyl (C=O) groups is 3. The molecule has 0 aromatic heterocycles. The lowest BCUT2D eigenvalue weighted by Gasteiger charge is -2.23. The SMILES string of the molecule is CCOC(=O)C1=NN(c2ccccc2C)[C@@H]2C(=O)N(c3ccc(Br)cc3)C(=O)[C@H]12. The Balaban J connectivity index is 1.81. The maximum Gasteiger partial charge on any atom is 0.355 e. The second-order valence-corrected chi connectivity index (χ2v) is 7.66. The van der Waals surface area contributed by atoms with Crippen molar-refractivity contribution in [1.82, 2.24) is 0 Å². The predicted octanol–water partition coefficient (Wildman–Crippen LogP) is 3.05. The van der Waals surface area contributed by atoms with E-state index in [1.807, 2.05) is 31.2 Å². The van der Waals surface area contributed by atoms with Crippen molar-refractivity contribution < 1.29 is 19.1 Å². The van der Waals surface area contributed by atoms with Gasteiger partial charge in [-0.25, -0.2) is 9.69 Å². The van der Waals surface area contributed by atoms with E-state index in [-0.39, 0.29) is 12.3 Å². The maximum absolute atomic E-state index is 13.3. The van der Waals surface area contributed by atoms with E-state index in [1.54, 1.807) is 31.2 Å². The third kappa shape index (κ3) is 3.13. The number of anilines is 2. The summed E-state index contributed by atoms with van der Waals surface area (Å²) in [6.45, 7) is 3.72. The van der Waals surface area contributed by atoms with Crippen molar-refractivity contribution in [3.63, 3.8) is 0 Å². The molecule has 0 saturated carbocycles. The normalized spacial score (nSPS) is 20.7. The zero-order valence-corrected chi connectivity index (χ0v) is 17.4. The molecule has 2 atom stereocenters. The minimum atomic E-state index is -1.01. The molecule has 2 amide bonds. The quantitative estimate of drug-likeness (QED) is 0.522. The minimum absolute atomic E-state index is 0.0435. The summed E-state index contributed by atoms with van der Waals surface area (Å²) >= 11 is 3.35. The van der Waals surface area contributed by atoms with E-state index in [1.165, 1.54) is 5.01 Å². The number of carbonyl (C=O) groups excluding carboxylic acids is 3. The minimum Gasteiger partial charge on any atom is -0.461 e. The van der Waals surface area contributed by atoms with Gasteiger partial charge < -0.3 is 4.74 Å². The molecule has 29 heavy (non-hydrogen) atoms. The second-order valence-electron chi connectivity index (χ2n) is 6.75. The molecule has 2 aliphatic rings. The van der Waals surface area contributed by atoms with Crippen LogP contribution in [0.4, 0.5) is 11.4 Å². The number of rotatable bonds is 4. The lowest BCUT2D eigenvalue weighted by atomic mass is 9.97. The Kier molecular flexibility index (Phi) is 4.96. The summed E-state index contributed by atoms with van der Waals surface area (Å²) in [7, 11) is 0. The number of ether oxygens (including phenoxy) is 1. The van der Waals surface area contributed by atoms with Crippen LogP contribution in [-0.4, -0.2) is 36.1 Å². The average Bonchev–Trinajstić information content (AvgIpc) is 3.21. The number of amides is 2. The number of hydrogen-bond acceptors (Lipinski definition) is 6. The molecule has 2 aliphatic heterocycles. The molecule has 0 unspecified atom stereocenters. The Hall–Kier alpha value is -3.00. The monoisotopic (exact) mass is 455 g/mol. The highest BCUT2D eigenvalue weighted by molar-refractivity contribution is 9.10. The van der Waals surface area contributed by atoms with E-state index in [2.05, 4.69) is 21.0 Å². The third-order valence-corrected chi connectivity index (χ3v) is 5.51. The molecule has 7 nitrogen and oxygen atoms in total. The summed E-state index contributed by atoms with van der Waals surface area (Å²) in [5, 5.41) is 5.84. The van der Waals surface area contributed by atoms with Crippen LogP contribution in [0.5, 0.6) is 0 Å². The fourth-order valence-corrected chi connectivity index (χ4v) is 3.92. The number of para-hydroxylation sites is 1. The first-order valence-electron chi connectivity index (χ1n) is 9.18. The predicted molar refractivity (Wildman–Crippen MR) is 112 cm³/mol. The first-order valence-corrected chi connectivity index (χ1v) is 9.97. The Labute approximate surface area is 176 Å². The number of nitrogens with zero attached hydrogens (tertiary/aromatic N) is 3.